The van der Waals surface area contributed by atoms with E-state index in [2.05, 4.69) is 22.5 Å². The lowest BCUT2D eigenvalue weighted by atomic mass is 10.2. The molecular formula is C13H17N3O. The predicted octanol–water partition coefficient (Wildman–Crippen LogP) is 1.72. The number of aryl methyl sites for hydroxylation is 1. The van der Waals surface area contributed by atoms with Crippen molar-refractivity contribution in [3.05, 3.63) is 47.8 Å². The standard InChI is InChI=1S/C13H17N3O/c1-16-12(7-8-15-16)10-14-9-11-3-5-13(17-2)6-4-11/h3-8,14H,9-10H2,1-2H3. The number of hydrogen-bond donors (Lipinski definition) is 1. The quantitative estimate of drug-likeness (QED) is 0.851. The molecule has 0 unspecified atom stereocenters. The van der Waals surface area contributed by atoms with E-state index in [-0.39, 0.29) is 0 Å². The molecule has 0 radical (unpaired) electrons. The van der Waals surface area contributed by atoms with Crippen molar-refractivity contribution in [3.8, 4) is 5.75 Å². The lowest BCUT2D eigenvalue weighted by Crippen LogP contribution is -2.15. The Labute approximate surface area is 101 Å². The Bertz CT molecular complexity index is 462. The molecular weight excluding hydrogens is 214 g/mol. The van der Waals surface area contributed by atoms with Crippen LogP contribution in [0, 0.1) is 0 Å². The highest BCUT2D eigenvalue weighted by molar-refractivity contribution is 5.27. The second-order valence-electron chi connectivity index (χ2n) is 3.90. The van der Waals surface area contributed by atoms with Gasteiger partial charge in [-0.2, -0.15) is 5.10 Å². The fourth-order valence-corrected chi connectivity index (χ4v) is 1.65. The van der Waals surface area contributed by atoms with Gasteiger partial charge in [-0.3, -0.25) is 4.68 Å². The third kappa shape index (κ3) is 3.07. The van der Waals surface area contributed by atoms with Gasteiger partial charge in [0.05, 0.1) is 12.8 Å². The second kappa shape index (κ2) is 5.50. The van der Waals surface area contributed by atoms with Gasteiger partial charge in [-0.15, -0.1) is 0 Å². The van der Waals surface area contributed by atoms with Crippen LogP contribution < -0.4 is 10.1 Å². The number of hydrogen-bond acceptors (Lipinski definition) is 3. The number of methoxy groups -OCH3 is 1. The van der Waals surface area contributed by atoms with Crippen molar-refractivity contribution in [2.24, 2.45) is 7.05 Å². The summed E-state index contributed by atoms with van der Waals surface area (Å²) in [4.78, 5) is 0. The van der Waals surface area contributed by atoms with E-state index in [9.17, 15) is 0 Å². The highest BCUT2D eigenvalue weighted by Crippen LogP contribution is 2.11. The summed E-state index contributed by atoms with van der Waals surface area (Å²) in [5.74, 6) is 0.889. The largest absolute Gasteiger partial charge is 0.497 e. The molecule has 2 aromatic rings. The van der Waals surface area contributed by atoms with E-state index in [1.165, 1.54) is 11.3 Å². The van der Waals surface area contributed by atoms with E-state index in [1.54, 1.807) is 7.11 Å². The Kier molecular flexibility index (Phi) is 3.77. The van der Waals surface area contributed by atoms with Gasteiger partial charge in [-0.25, -0.2) is 0 Å². The monoisotopic (exact) mass is 231 g/mol. The molecule has 4 heteroatoms. The molecule has 1 N–H and O–H groups in total. The van der Waals surface area contributed by atoms with Gasteiger partial charge in [0.1, 0.15) is 5.75 Å². The van der Waals surface area contributed by atoms with E-state index in [0.29, 0.717) is 0 Å². The zero-order valence-electron chi connectivity index (χ0n) is 10.2. The molecule has 1 aromatic heterocycles. The van der Waals surface area contributed by atoms with Crippen molar-refractivity contribution in [3.63, 3.8) is 0 Å². The van der Waals surface area contributed by atoms with Crippen LogP contribution in [-0.2, 0) is 20.1 Å². The molecule has 0 aliphatic heterocycles. The van der Waals surface area contributed by atoms with Crippen LogP contribution in [0.2, 0.25) is 0 Å². The summed E-state index contributed by atoms with van der Waals surface area (Å²) in [5, 5.41) is 7.51. The number of ether oxygens (including phenoxy) is 1. The summed E-state index contributed by atoms with van der Waals surface area (Å²) in [6, 6.07) is 10.1. The number of benzene rings is 1. The van der Waals surface area contributed by atoms with E-state index in [4.69, 9.17) is 4.74 Å². The molecule has 0 bridgehead atoms. The fraction of sp³-hybridized carbons (Fsp3) is 0.308. The maximum atomic E-state index is 5.12. The van der Waals surface area contributed by atoms with Crippen LogP contribution in [0.3, 0.4) is 0 Å². The molecule has 0 saturated carbocycles. The maximum absolute atomic E-state index is 5.12. The van der Waals surface area contributed by atoms with Crippen LogP contribution in [0.4, 0.5) is 0 Å². The van der Waals surface area contributed by atoms with Crippen LogP contribution in [0.1, 0.15) is 11.3 Å². The first-order valence-electron chi connectivity index (χ1n) is 5.60. The molecule has 0 spiro atoms. The van der Waals surface area contributed by atoms with Crippen molar-refractivity contribution >= 4 is 0 Å². The molecule has 0 fully saturated rings. The van der Waals surface area contributed by atoms with Crippen LogP contribution in [0.25, 0.3) is 0 Å². The molecule has 0 amide bonds. The molecule has 0 aliphatic rings. The van der Waals surface area contributed by atoms with E-state index in [0.717, 1.165) is 18.8 Å². The Morgan fingerprint density at radius 1 is 1.18 bits per heavy atom. The predicted molar refractivity (Wildman–Crippen MR) is 66.7 cm³/mol. The third-order valence-electron chi connectivity index (χ3n) is 2.72. The zero-order valence-corrected chi connectivity index (χ0v) is 10.2. The first-order valence-corrected chi connectivity index (χ1v) is 5.60. The SMILES string of the molecule is COc1ccc(CNCc2ccnn2C)cc1. The van der Waals surface area contributed by atoms with Gasteiger partial charge < -0.3 is 10.1 Å². The van der Waals surface area contributed by atoms with E-state index >= 15 is 0 Å². The minimum Gasteiger partial charge on any atom is -0.497 e. The molecule has 4 nitrogen and oxygen atoms in total. The smallest absolute Gasteiger partial charge is 0.118 e. The van der Waals surface area contributed by atoms with Crippen molar-refractivity contribution < 1.29 is 4.74 Å². The average Bonchev–Trinajstić information content (AvgIpc) is 2.76. The van der Waals surface area contributed by atoms with Gasteiger partial charge in [0.25, 0.3) is 0 Å². The number of nitrogens with zero attached hydrogens (tertiary/aromatic N) is 2. The zero-order chi connectivity index (χ0) is 12.1. The molecule has 0 atom stereocenters. The van der Waals surface area contributed by atoms with Gasteiger partial charge in [0.2, 0.25) is 0 Å². The average molecular weight is 231 g/mol. The Morgan fingerprint density at radius 3 is 2.53 bits per heavy atom. The van der Waals surface area contributed by atoms with Crippen molar-refractivity contribution in [2.75, 3.05) is 7.11 Å². The third-order valence-corrected chi connectivity index (χ3v) is 2.72. The van der Waals surface area contributed by atoms with E-state index in [1.807, 2.05) is 36.1 Å². The van der Waals surface area contributed by atoms with E-state index < -0.39 is 0 Å². The summed E-state index contributed by atoms with van der Waals surface area (Å²) in [5.41, 5.74) is 2.42. The van der Waals surface area contributed by atoms with Crippen molar-refractivity contribution in [1.82, 2.24) is 15.1 Å². The minimum absolute atomic E-state index is 0.822. The van der Waals surface area contributed by atoms with Crippen LogP contribution in [0.15, 0.2) is 36.5 Å². The van der Waals surface area contributed by atoms with Gasteiger partial charge in [0, 0.05) is 26.3 Å². The fourth-order valence-electron chi connectivity index (χ4n) is 1.65. The topological polar surface area (TPSA) is 39.1 Å². The lowest BCUT2D eigenvalue weighted by Gasteiger charge is -2.06. The van der Waals surface area contributed by atoms with Crippen molar-refractivity contribution in [1.29, 1.82) is 0 Å². The normalized spacial score (nSPS) is 10.5. The van der Waals surface area contributed by atoms with Crippen LogP contribution in [0.5, 0.6) is 5.75 Å². The lowest BCUT2D eigenvalue weighted by molar-refractivity contribution is 0.414. The minimum atomic E-state index is 0.822. The Morgan fingerprint density at radius 2 is 1.94 bits per heavy atom. The van der Waals surface area contributed by atoms with Gasteiger partial charge in [0.15, 0.2) is 0 Å². The summed E-state index contributed by atoms with van der Waals surface area (Å²) in [6.07, 6.45) is 1.81. The summed E-state index contributed by atoms with van der Waals surface area (Å²) in [7, 11) is 3.63. The summed E-state index contributed by atoms with van der Waals surface area (Å²) in [6.45, 7) is 1.66. The molecule has 0 saturated heterocycles. The maximum Gasteiger partial charge on any atom is 0.118 e. The number of rotatable bonds is 5. The van der Waals surface area contributed by atoms with Gasteiger partial charge in [-0.05, 0) is 23.8 Å². The summed E-state index contributed by atoms with van der Waals surface area (Å²) >= 11 is 0. The number of aromatic nitrogens is 2. The Balaban J connectivity index is 1.83. The molecule has 0 aliphatic carbocycles. The highest BCUT2D eigenvalue weighted by atomic mass is 16.5. The van der Waals surface area contributed by atoms with Crippen LogP contribution in [-0.4, -0.2) is 16.9 Å². The number of nitrogens with one attached hydrogen (secondary N) is 1. The first-order chi connectivity index (χ1) is 8.29. The molecule has 1 aromatic carbocycles. The van der Waals surface area contributed by atoms with Crippen LogP contribution >= 0.6 is 0 Å². The van der Waals surface area contributed by atoms with Gasteiger partial charge >= 0.3 is 0 Å². The Hall–Kier alpha value is -1.81. The summed E-state index contributed by atoms with van der Waals surface area (Å²) < 4.78 is 6.99. The molecule has 2 rings (SSSR count). The molecule has 17 heavy (non-hydrogen) atoms. The molecule has 90 valence electrons. The van der Waals surface area contributed by atoms with Crippen molar-refractivity contribution in [2.45, 2.75) is 13.1 Å². The second-order valence-corrected chi connectivity index (χ2v) is 3.90. The first kappa shape index (κ1) is 11.7. The highest BCUT2D eigenvalue weighted by Gasteiger charge is 1.98. The molecule has 1 heterocycles. The van der Waals surface area contributed by atoms with Gasteiger partial charge in [-0.1, -0.05) is 12.1 Å².